The zero-order valence-electron chi connectivity index (χ0n) is 8.81. The minimum absolute atomic E-state index is 0.996. The number of hydrogen-bond acceptors (Lipinski definition) is 0. The Balaban J connectivity index is 2.21. The monoisotopic (exact) mass is 168 g/mol. The van der Waals surface area contributed by atoms with Crippen LogP contribution in [0.5, 0.6) is 0 Å². The molecule has 12 heavy (non-hydrogen) atoms. The van der Waals surface area contributed by atoms with Crippen molar-refractivity contribution in [3.8, 4) is 0 Å². The van der Waals surface area contributed by atoms with Gasteiger partial charge < -0.3 is 0 Å². The highest BCUT2D eigenvalue weighted by atomic mass is 14.1. The van der Waals surface area contributed by atoms with Crippen LogP contribution in [0, 0.1) is 11.8 Å². The molecule has 0 N–H and O–H groups in total. The van der Waals surface area contributed by atoms with Gasteiger partial charge in [0.15, 0.2) is 0 Å². The van der Waals surface area contributed by atoms with Crippen molar-refractivity contribution in [2.75, 3.05) is 0 Å². The van der Waals surface area contributed by atoms with Gasteiger partial charge in [0.25, 0.3) is 0 Å². The summed E-state index contributed by atoms with van der Waals surface area (Å²) in [6.45, 7) is 4.85. The molecule has 1 aliphatic carbocycles. The van der Waals surface area contributed by atoms with Gasteiger partial charge in [0.2, 0.25) is 0 Å². The van der Waals surface area contributed by atoms with Gasteiger partial charge in [-0.05, 0) is 11.8 Å². The molecular formula is C12H24. The van der Waals surface area contributed by atoms with Gasteiger partial charge in [-0.3, -0.25) is 0 Å². The Morgan fingerprint density at radius 1 is 0.583 bits per heavy atom. The van der Waals surface area contributed by atoms with Crippen LogP contribution < -0.4 is 0 Å². The normalized spacial score (nSPS) is 34.5. The first-order chi connectivity index (χ1) is 5.79. The molecule has 0 saturated heterocycles. The number of hydrogen-bond donors (Lipinski definition) is 0. The average Bonchev–Trinajstić information content (AvgIpc) is 2.04. The van der Waals surface area contributed by atoms with Gasteiger partial charge in [-0.25, -0.2) is 0 Å². The van der Waals surface area contributed by atoms with Crippen LogP contribution in [-0.2, 0) is 0 Å². The van der Waals surface area contributed by atoms with E-state index >= 15 is 0 Å². The van der Waals surface area contributed by atoms with Crippen LogP contribution in [0.15, 0.2) is 0 Å². The predicted molar refractivity (Wildman–Crippen MR) is 55.3 cm³/mol. The zero-order chi connectivity index (χ0) is 8.81. The topological polar surface area (TPSA) is 0 Å². The van der Waals surface area contributed by atoms with Crippen molar-refractivity contribution in [2.24, 2.45) is 11.8 Å². The van der Waals surface area contributed by atoms with E-state index in [9.17, 15) is 0 Å². The van der Waals surface area contributed by atoms with Gasteiger partial charge in [-0.2, -0.15) is 0 Å². The maximum atomic E-state index is 2.42. The van der Waals surface area contributed by atoms with Gasteiger partial charge in [-0.15, -0.1) is 0 Å². The summed E-state index contributed by atoms with van der Waals surface area (Å²) in [7, 11) is 0. The molecule has 1 saturated carbocycles. The van der Waals surface area contributed by atoms with Crippen molar-refractivity contribution < 1.29 is 0 Å². The van der Waals surface area contributed by atoms with Gasteiger partial charge >= 0.3 is 0 Å². The quantitative estimate of drug-likeness (QED) is 0.503. The Morgan fingerprint density at radius 3 is 1.50 bits per heavy atom. The lowest BCUT2D eigenvalue weighted by molar-refractivity contribution is 0.367. The Hall–Kier alpha value is 0. The van der Waals surface area contributed by atoms with Gasteiger partial charge in [0, 0.05) is 0 Å². The highest BCUT2D eigenvalue weighted by Crippen LogP contribution is 2.23. The minimum atomic E-state index is 0.996. The van der Waals surface area contributed by atoms with Gasteiger partial charge in [0.1, 0.15) is 0 Å². The van der Waals surface area contributed by atoms with E-state index in [4.69, 9.17) is 0 Å². The van der Waals surface area contributed by atoms with Crippen molar-refractivity contribution >= 4 is 0 Å². The van der Waals surface area contributed by atoms with Crippen LogP contribution in [0.2, 0.25) is 0 Å². The van der Waals surface area contributed by atoms with Gasteiger partial charge in [-0.1, -0.05) is 65.2 Å². The Bertz CT molecular complexity index is 94.6. The predicted octanol–water partition coefficient (Wildman–Crippen LogP) is 4.39. The molecule has 72 valence electrons. The standard InChI is InChI=1S/C12H24/c1-11-7-4-3-5-8-12(2)10-6-9-11/h11-12H,3-10H2,1-2H3/t11-,12?/m1/s1. The molecule has 0 heterocycles. The van der Waals surface area contributed by atoms with Crippen LogP contribution in [0.1, 0.15) is 65.2 Å². The largest absolute Gasteiger partial charge is 0.0625 e. The molecule has 0 aromatic carbocycles. The van der Waals surface area contributed by atoms with E-state index in [0.717, 1.165) is 11.8 Å². The van der Waals surface area contributed by atoms with Crippen molar-refractivity contribution in [1.29, 1.82) is 0 Å². The molecule has 0 bridgehead atoms. The molecule has 0 heteroatoms. The molecular weight excluding hydrogens is 144 g/mol. The molecule has 1 unspecified atom stereocenters. The van der Waals surface area contributed by atoms with E-state index in [2.05, 4.69) is 13.8 Å². The molecule has 0 amide bonds. The molecule has 0 spiro atoms. The highest BCUT2D eigenvalue weighted by Gasteiger charge is 2.07. The van der Waals surface area contributed by atoms with Gasteiger partial charge in [0.05, 0.1) is 0 Å². The summed E-state index contributed by atoms with van der Waals surface area (Å²) in [6.07, 6.45) is 11.8. The van der Waals surface area contributed by atoms with Crippen molar-refractivity contribution in [1.82, 2.24) is 0 Å². The summed E-state index contributed by atoms with van der Waals surface area (Å²) in [5, 5.41) is 0. The van der Waals surface area contributed by atoms with E-state index in [-0.39, 0.29) is 0 Å². The van der Waals surface area contributed by atoms with Crippen molar-refractivity contribution in [3.63, 3.8) is 0 Å². The molecule has 1 aliphatic rings. The number of rotatable bonds is 0. The molecule has 1 rings (SSSR count). The SMILES string of the molecule is CC1CCCCC[C@@H](C)CCC1. The first-order valence-corrected chi connectivity index (χ1v) is 5.79. The summed E-state index contributed by atoms with van der Waals surface area (Å²) in [5.41, 5.74) is 0. The molecule has 1 fully saturated rings. The molecule has 0 aliphatic heterocycles. The fourth-order valence-corrected chi connectivity index (χ4v) is 2.27. The second kappa shape index (κ2) is 5.61. The van der Waals surface area contributed by atoms with E-state index in [1.165, 1.54) is 51.4 Å². The Kier molecular flexibility index (Phi) is 4.72. The van der Waals surface area contributed by atoms with Crippen LogP contribution in [0.3, 0.4) is 0 Å². The third kappa shape index (κ3) is 4.13. The average molecular weight is 168 g/mol. The molecule has 0 nitrogen and oxygen atoms in total. The highest BCUT2D eigenvalue weighted by molar-refractivity contribution is 4.61. The van der Waals surface area contributed by atoms with E-state index in [1.807, 2.05) is 0 Å². The van der Waals surface area contributed by atoms with Crippen LogP contribution in [-0.4, -0.2) is 0 Å². The third-order valence-electron chi connectivity index (χ3n) is 3.29. The maximum absolute atomic E-state index is 2.42. The lowest BCUT2D eigenvalue weighted by Gasteiger charge is -2.17. The second-order valence-corrected chi connectivity index (χ2v) is 4.78. The summed E-state index contributed by atoms with van der Waals surface area (Å²) in [6, 6.07) is 0. The minimum Gasteiger partial charge on any atom is -0.0625 e. The molecule has 2 atom stereocenters. The second-order valence-electron chi connectivity index (χ2n) is 4.78. The van der Waals surface area contributed by atoms with Crippen LogP contribution in [0.4, 0.5) is 0 Å². The lowest BCUT2D eigenvalue weighted by atomic mass is 9.90. The van der Waals surface area contributed by atoms with E-state index in [1.54, 1.807) is 0 Å². The van der Waals surface area contributed by atoms with Crippen LogP contribution >= 0.6 is 0 Å². The molecule has 0 aromatic heterocycles. The van der Waals surface area contributed by atoms with E-state index < -0.39 is 0 Å². The lowest BCUT2D eigenvalue weighted by Crippen LogP contribution is -2.01. The first kappa shape index (κ1) is 10.1. The van der Waals surface area contributed by atoms with E-state index in [0.29, 0.717) is 0 Å². The summed E-state index contributed by atoms with van der Waals surface area (Å²) >= 11 is 0. The third-order valence-corrected chi connectivity index (χ3v) is 3.29. The maximum Gasteiger partial charge on any atom is -0.0443 e. The first-order valence-electron chi connectivity index (χ1n) is 5.79. The summed E-state index contributed by atoms with van der Waals surface area (Å²) in [4.78, 5) is 0. The zero-order valence-corrected chi connectivity index (χ0v) is 8.81. The Labute approximate surface area is 77.7 Å². The van der Waals surface area contributed by atoms with Crippen molar-refractivity contribution in [3.05, 3.63) is 0 Å². The summed E-state index contributed by atoms with van der Waals surface area (Å²) < 4.78 is 0. The van der Waals surface area contributed by atoms with Crippen LogP contribution in [0.25, 0.3) is 0 Å². The fraction of sp³-hybridized carbons (Fsp3) is 1.00. The molecule has 0 radical (unpaired) electrons. The van der Waals surface area contributed by atoms with Crippen molar-refractivity contribution in [2.45, 2.75) is 65.2 Å². The Morgan fingerprint density at radius 2 is 1.00 bits per heavy atom. The fourth-order valence-electron chi connectivity index (χ4n) is 2.27. The smallest absolute Gasteiger partial charge is 0.0443 e. The molecule has 0 aromatic rings. The summed E-state index contributed by atoms with van der Waals surface area (Å²) in [5.74, 6) is 1.99.